The minimum atomic E-state index is -0.471. The average molecular weight is 347 g/mol. The highest BCUT2D eigenvalue weighted by Crippen LogP contribution is 2.63. The number of imide groups is 1. The molecule has 2 bridgehead atoms. The quantitative estimate of drug-likeness (QED) is 0.801. The van der Waals surface area contributed by atoms with Gasteiger partial charge < -0.3 is 0 Å². The van der Waals surface area contributed by atoms with Crippen LogP contribution in [0.1, 0.15) is 31.7 Å². The second-order valence-electron chi connectivity index (χ2n) is 8.03. The third-order valence-electron chi connectivity index (χ3n) is 6.77. The molecule has 5 heteroatoms. The number of rotatable bonds is 3. The van der Waals surface area contributed by atoms with Crippen LogP contribution in [0.15, 0.2) is 42.7 Å². The lowest BCUT2D eigenvalue weighted by Gasteiger charge is -2.31. The van der Waals surface area contributed by atoms with Crippen LogP contribution in [0.5, 0.6) is 0 Å². The van der Waals surface area contributed by atoms with Gasteiger partial charge in [-0.25, -0.2) is 0 Å². The third kappa shape index (κ3) is 2.03. The van der Waals surface area contributed by atoms with Crippen molar-refractivity contribution in [1.29, 1.82) is 0 Å². The van der Waals surface area contributed by atoms with E-state index >= 15 is 0 Å². The standard InChI is InChI=1S/C21H21N3O2/c1-21-15-7-6-14(10-15)18(21)19(25)24(20(21)26)12-13-5-8-17(23-11-13)16-4-2-3-9-22-16/h2-5,8-9,11,14-15,18H,6-7,10,12H2,1H3/t14-,15+,18-,21+/m1/s1. The number of likely N-dealkylation sites (tertiary alicyclic amines) is 1. The highest BCUT2D eigenvalue weighted by atomic mass is 16.2. The lowest BCUT2D eigenvalue weighted by molar-refractivity contribution is -0.143. The first-order valence-corrected chi connectivity index (χ1v) is 9.31. The number of amides is 2. The lowest BCUT2D eigenvalue weighted by atomic mass is 9.69. The minimum Gasteiger partial charge on any atom is -0.277 e. The van der Waals surface area contributed by atoms with Crippen LogP contribution in [0.25, 0.3) is 11.4 Å². The van der Waals surface area contributed by atoms with Crippen LogP contribution in [-0.4, -0.2) is 26.7 Å². The Labute approximate surface area is 152 Å². The number of hydrogen-bond acceptors (Lipinski definition) is 4. The molecule has 2 aromatic rings. The van der Waals surface area contributed by atoms with E-state index in [1.165, 1.54) is 4.90 Å². The van der Waals surface area contributed by atoms with Gasteiger partial charge in [0.05, 0.1) is 29.3 Å². The second-order valence-corrected chi connectivity index (χ2v) is 8.03. The summed E-state index contributed by atoms with van der Waals surface area (Å²) >= 11 is 0. The van der Waals surface area contributed by atoms with E-state index in [1.807, 2.05) is 37.3 Å². The molecule has 4 atom stereocenters. The summed E-state index contributed by atoms with van der Waals surface area (Å²) in [6.45, 7) is 2.34. The van der Waals surface area contributed by atoms with Gasteiger partial charge in [0.1, 0.15) is 0 Å². The van der Waals surface area contributed by atoms with Gasteiger partial charge >= 0.3 is 0 Å². The van der Waals surface area contributed by atoms with Crippen LogP contribution < -0.4 is 0 Å². The van der Waals surface area contributed by atoms with Crippen LogP contribution >= 0.6 is 0 Å². The molecule has 0 N–H and O–H groups in total. The van der Waals surface area contributed by atoms with Crippen molar-refractivity contribution in [3.8, 4) is 11.4 Å². The number of nitrogens with zero attached hydrogens (tertiary/aromatic N) is 3. The summed E-state index contributed by atoms with van der Waals surface area (Å²) in [5.74, 6) is 0.723. The predicted molar refractivity (Wildman–Crippen MR) is 95.5 cm³/mol. The zero-order chi connectivity index (χ0) is 17.9. The van der Waals surface area contributed by atoms with Gasteiger partial charge in [-0.15, -0.1) is 0 Å². The molecule has 3 aliphatic rings. The highest BCUT2D eigenvalue weighted by molar-refractivity contribution is 6.08. The Morgan fingerprint density at radius 3 is 2.65 bits per heavy atom. The SMILES string of the molecule is C[C@@]12C(=O)N(Cc3ccc(-c4ccccn4)nc3)C(=O)[C@H]1[C@@H]1CC[C@H]2C1. The molecular formula is C21H21N3O2. The van der Waals surface area contributed by atoms with Gasteiger partial charge in [0.25, 0.3) is 0 Å². The zero-order valence-electron chi connectivity index (χ0n) is 14.8. The Morgan fingerprint density at radius 1 is 1.12 bits per heavy atom. The summed E-state index contributed by atoms with van der Waals surface area (Å²) in [5, 5.41) is 0. The molecule has 3 heterocycles. The Hall–Kier alpha value is -2.56. The second kappa shape index (κ2) is 5.47. The third-order valence-corrected chi connectivity index (χ3v) is 6.77. The van der Waals surface area contributed by atoms with Gasteiger partial charge in [-0.05, 0) is 61.8 Å². The van der Waals surface area contributed by atoms with Crippen molar-refractivity contribution < 1.29 is 9.59 Å². The van der Waals surface area contributed by atoms with E-state index < -0.39 is 5.41 Å². The summed E-state index contributed by atoms with van der Waals surface area (Å²) in [5.41, 5.74) is 2.00. The van der Waals surface area contributed by atoms with Crippen molar-refractivity contribution in [1.82, 2.24) is 14.9 Å². The molecule has 2 aromatic heterocycles. The number of pyridine rings is 2. The highest BCUT2D eigenvalue weighted by Gasteiger charge is 2.68. The normalized spacial score (nSPS) is 32.3. The number of fused-ring (bicyclic) bond motifs is 5. The molecule has 2 saturated carbocycles. The van der Waals surface area contributed by atoms with Gasteiger partial charge in [0.15, 0.2) is 0 Å². The monoisotopic (exact) mass is 347 g/mol. The molecule has 2 amide bonds. The molecular weight excluding hydrogens is 326 g/mol. The van der Waals surface area contributed by atoms with E-state index in [9.17, 15) is 9.59 Å². The first-order chi connectivity index (χ1) is 12.6. The molecule has 2 aliphatic carbocycles. The molecule has 1 aliphatic heterocycles. The van der Waals surface area contributed by atoms with E-state index in [0.29, 0.717) is 18.4 Å². The summed E-state index contributed by atoms with van der Waals surface area (Å²) in [6, 6.07) is 9.53. The van der Waals surface area contributed by atoms with Crippen LogP contribution in [0.2, 0.25) is 0 Å². The molecule has 5 rings (SSSR count). The van der Waals surface area contributed by atoms with Crippen molar-refractivity contribution in [2.75, 3.05) is 0 Å². The summed E-state index contributed by atoms with van der Waals surface area (Å²) < 4.78 is 0. The molecule has 5 nitrogen and oxygen atoms in total. The first kappa shape index (κ1) is 15.7. The predicted octanol–water partition coefficient (Wildman–Crippen LogP) is 3.06. The first-order valence-electron chi connectivity index (χ1n) is 9.31. The number of carbonyl (C=O) groups is 2. The van der Waals surface area contributed by atoms with Crippen molar-refractivity contribution >= 4 is 11.8 Å². The smallest absolute Gasteiger partial charge is 0.236 e. The molecule has 0 unspecified atom stereocenters. The topological polar surface area (TPSA) is 63.2 Å². The molecule has 0 radical (unpaired) electrons. The minimum absolute atomic E-state index is 0.0218. The lowest BCUT2D eigenvalue weighted by Crippen LogP contribution is -2.38. The maximum absolute atomic E-state index is 13.1. The molecule has 3 fully saturated rings. The van der Waals surface area contributed by atoms with Crippen LogP contribution in [-0.2, 0) is 16.1 Å². The molecule has 132 valence electrons. The van der Waals surface area contributed by atoms with Gasteiger partial charge in [0.2, 0.25) is 11.8 Å². The van der Waals surface area contributed by atoms with E-state index in [1.54, 1.807) is 12.4 Å². The van der Waals surface area contributed by atoms with E-state index in [2.05, 4.69) is 9.97 Å². The number of hydrogen-bond donors (Lipinski definition) is 0. The Kier molecular flexibility index (Phi) is 3.30. The van der Waals surface area contributed by atoms with E-state index in [4.69, 9.17) is 0 Å². The van der Waals surface area contributed by atoms with Crippen molar-refractivity contribution in [2.24, 2.45) is 23.2 Å². The Morgan fingerprint density at radius 2 is 1.96 bits per heavy atom. The summed E-state index contributed by atoms with van der Waals surface area (Å²) in [6.07, 6.45) is 6.71. The van der Waals surface area contributed by atoms with Crippen molar-refractivity contribution in [3.63, 3.8) is 0 Å². The number of carbonyl (C=O) groups excluding carboxylic acids is 2. The average Bonchev–Trinajstić information content (AvgIpc) is 3.31. The fraction of sp³-hybridized carbons (Fsp3) is 0.429. The summed E-state index contributed by atoms with van der Waals surface area (Å²) in [7, 11) is 0. The fourth-order valence-electron chi connectivity index (χ4n) is 5.45. The van der Waals surface area contributed by atoms with Crippen LogP contribution in [0.3, 0.4) is 0 Å². The zero-order valence-corrected chi connectivity index (χ0v) is 14.8. The Balaban J connectivity index is 1.39. The van der Waals surface area contributed by atoms with Gasteiger partial charge in [-0.1, -0.05) is 12.1 Å². The van der Waals surface area contributed by atoms with Crippen molar-refractivity contribution in [2.45, 2.75) is 32.7 Å². The van der Waals surface area contributed by atoms with Crippen molar-refractivity contribution in [3.05, 3.63) is 48.3 Å². The van der Waals surface area contributed by atoms with Crippen LogP contribution in [0.4, 0.5) is 0 Å². The summed E-state index contributed by atoms with van der Waals surface area (Å²) in [4.78, 5) is 36.3. The van der Waals surface area contributed by atoms with E-state index in [0.717, 1.165) is 36.2 Å². The van der Waals surface area contributed by atoms with Gasteiger partial charge in [-0.2, -0.15) is 0 Å². The van der Waals surface area contributed by atoms with E-state index in [-0.39, 0.29) is 17.7 Å². The fourth-order valence-corrected chi connectivity index (χ4v) is 5.45. The maximum Gasteiger partial charge on any atom is 0.236 e. The van der Waals surface area contributed by atoms with Gasteiger partial charge in [0, 0.05) is 12.4 Å². The Bertz CT molecular complexity index is 880. The van der Waals surface area contributed by atoms with Gasteiger partial charge in [-0.3, -0.25) is 24.5 Å². The largest absolute Gasteiger partial charge is 0.277 e. The molecule has 26 heavy (non-hydrogen) atoms. The molecule has 0 aromatic carbocycles. The molecule has 0 spiro atoms. The van der Waals surface area contributed by atoms with Crippen LogP contribution in [0, 0.1) is 23.2 Å². The number of aromatic nitrogens is 2. The maximum atomic E-state index is 13.1. The molecule has 1 saturated heterocycles.